The van der Waals surface area contributed by atoms with Crippen LogP contribution in [0.2, 0.25) is 0 Å². The molecule has 1 atom stereocenters. The molecule has 0 aliphatic carbocycles. The number of hydrogen-bond donors (Lipinski definition) is 3. The zero-order valence-corrected chi connectivity index (χ0v) is 14.4. The number of aromatic amines is 1. The number of rotatable bonds is 5. The number of nitrogens with zero attached hydrogens (tertiary/aromatic N) is 1. The monoisotopic (exact) mass is 348 g/mol. The number of H-pyrrole nitrogens is 1. The number of aryl methyl sites for hydroxylation is 1. The molecule has 1 unspecified atom stereocenters. The number of aromatic nitrogens is 2. The predicted octanol–water partition coefficient (Wildman–Crippen LogP) is 2.77. The fourth-order valence-electron chi connectivity index (χ4n) is 2.64. The Labute approximate surface area is 151 Å². The summed E-state index contributed by atoms with van der Waals surface area (Å²) in [6.45, 7) is 1.91. The minimum atomic E-state index is -0.361. The first-order chi connectivity index (χ1) is 12.5. The Morgan fingerprint density at radius 2 is 1.92 bits per heavy atom. The SMILES string of the molecule is Cc1ccc(-c2ccc(=O)[nH]n2)cc1NC(=O)CC(N)c1ccccc1. The highest BCUT2D eigenvalue weighted by atomic mass is 16.1. The third kappa shape index (κ3) is 4.23. The number of nitrogens with one attached hydrogen (secondary N) is 2. The van der Waals surface area contributed by atoms with Crippen LogP contribution in [0, 0.1) is 6.92 Å². The number of carbonyl (C=O) groups excluding carboxylic acids is 1. The third-order valence-electron chi connectivity index (χ3n) is 4.12. The second kappa shape index (κ2) is 7.76. The lowest BCUT2D eigenvalue weighted by atomic mass is 10.0. The number of hydrogen-bond acceptors (Lipinski definition) is 4. The van der Waals surface area contributed by atoms with Gasteiger partial charge in [0.1, 0.15) is 0 Å². The van der Waals surface area contributed by atoms with Crippen molar-refractivity contribution in [2.24, 2.45) is 5.73 Å². The number of carbonyl (C=O) groups is 1. The molecule has 3 aromatic rings. The maximum atomic E-state index is 12.4. The van der Waals surface area contributed by atoms with Gasteiger partial charge < -0.3 is 11.1 Å². The van der Waals surface area contributed by atoms with E-state index in [1.807, 2.05) is 55.5 Å². The summed E-state index contributed by atoms with van der Waals surface area (Å²) in [5.74, 6) is -0.156. The van der Waals surface area contributed by atoms with Gasteiger partial charge in [-0.15, -0.1) is 0 Å². The highest BCUT2D eigenvalue weighted by molar-refractivity contribution is 5.92. The van der Waals surface area contributed by atoms with Crippen molar-refractivity contribution in [3.63, 3.8) is 0 Å². The molecule has 0 aliphatic heterocycles. The summed E-state index contributed by atoms with van der Waals surface area (Å²) in [5.41, 5.74) is 9.83. The molecule has 6 nitrogen and oxygen atoms in total. The molecule has 0 spiro atoms. The lowest BCUT2D eigenvalue weighted by Crippen LogP contribution is -2.21. The van der Waals surface area contributed by atoms with Gasteiger partial charge in [-0.25, -0.2) is 5.10 Å². The van der Waals surface area contributed by atoms with E-state index in [2.05, 4.69) is 15.5 Å². The molecule has 1 amide bonds. The third-order valence-corrected chi connectivity index (χ3v) is 4.12. The summed E-state index contributed by atoms with van der Waals surface area (Å²) in [4.78, 5) is 23.5. The molecule has 0 aliphatic rings. The summed E-state index contributed by atoms with van der Waals surface area (Å²) in [5, 5.41) is 9.34. The van der Waals surface area contributed by atoms with Crippen LogP contribution in [-0.2, 0) is 4.79 Å². The molecule has 1 aromatic heterocycles. The van der Waals surface area contributed by atoms with Crippen LogP contribution in [0.25, 0.3) is 11.3 Å². The Kier molecular flexibility index (Phi) is 5.24. The van der Waals surface area contributed by atoms with Crippen LogP contribution in [0.1, 0.15) is 23.6 Å². The minimum absolute atomic E-state index is 0.156. The molecular weight excluding hydrogens is 328 g/mol. The van der Waals surface area contributed by atoms with Gasteiger partial charge in [-0.3, -0.25) is 9.59 Å². The van der Waals surface area contributed by atoms with Crippen molar-refractivity contribution in [2.75, 3.05) is 5.32 Å². The second-order valence-electron chi connectivity index (χ2n) is 6.11. The Morgan fingerprint density at radius 1 is 1.15 bits per heavy atom. The van der Waals surface area contributed by atoms with Gasteiger partial charge in [0.15, 0.2) is 0 Å². The van der Waals surface area contributed by atoms with Crippen LogP contribution < -0.4 is 16.6 Å². The molecule has 2 aromatic carbocycles. The molecule has 26 heavy (non-hydrogen) atoms. The first-order valence-electron chi connectivity index (χ1n) is 8.30. The van der Waals surface area contributed by atoms with Gasteiger partial charge in [0.05, 0.1) is 5.69 Å². The Hall–Kier alpha value is -3.25. The van der Waals surface area contributed by atoms with E-state index in [4.69, 9.17) is 5.73 Å². The second-order valence-corrected chi connectivity index (χ2v) is 6.11. The van der Waals surface area contributed by atoms with Crippen LogP contribution >= 0.6 is 0 Å². The van der Waals surface area contributed by atoms with Crippen LogP contribution in [0.5, 0.6) is 0 Å². The molecule has 4 N–H and O–H groups in total. The van der Waals surface area contributed by atoms with Crippen molar-refractivity contribution >= 4 is 11.6 Å². The molecule has 0 saturated heterocycles. The van der Waals surface area contributed by atoms with E-state index in [-0.39, 0.29) is 23.9 Å². The maximum Gasteiger partial charge on any atom is 0.264 e. The number of amides is 1. The van der Waals surface area contributed by atoms with Gasteiger partial charge in [-0.2, -0.15) is 5.10 Å². The summed E-state index contributed by atoms with van der Waals surface area (Å²) in [7, 11) is 0. The molecule has 3 rings (SSSR count). The molecule has 6 heteroatoms. The molecule has 0 bridgehead atoms. The quantitative estimate of drug-likeness (QED) is 0.660. The van der Waals surface area contributed by atoms with Gasteiger partial charge in [-0.1, -0.05) is 42.5 Å². The fourth-order valence-corrected chi connectivity index (χ4v) is 2.64. The van der Waals surface area contributed by atoms with Crippen molar-refractivity contribution < 1.29 is 4.79 Å². The van der Waals surface area contributed by atoms with Gasteiger partial charge in [-0.05, 0) is 30.2 Å². The summed E-state index contributed by atoms with van der Waals surface area (Å²) >= 11 is 0. The summed E-state index contributed by atoms with van der Waals surface area (Å²) < 4.78 is 0. The number of anilines is 1. The molecule has 0 fully saturated rings. The van der Waals surface area contributed by atoms with E-state index in [9.17, 15) is 9.59 Å². The first kappa shape index (κ1) is 17.6. The van der Waals surface area contributed by atoms with Gasteiger partial charge in [0.25, 0.3) is 5.56 Å². The van der Waals surface area contributed by atoms with E-state index >= 15 is 0 Å². The van der Waals surface area contributed by atoms with E-state index in [0.717, 1.165) is 16.7 Å². The lowest BCUT2D eigenvalue weighted by molar-refractivity contribution is -0.116. The predicted molar refractivity (Wildman–Crippen MR) is 102 cm³/mol. The van der Waals surface area contributed by atoms with Crippen molar-refractivity contribution in [3.05, 3.63) is 82.1 Å². The zero-order chi connectivity index (χ0) is 18.5. The van der Waals surface area contributed by atoms with Crippen LogP contribution in [0.4, 0.5) is 5.69 Å². The van der Waals surface area contributed by atoms with Crippen molar-refractivity contribution in [1.82, 2.24) is 10.2 Å². The molecular formula is C20H20N4O2. The minimum Gasteiger partial charge on any atom is -0.326 e. The number of nitrogens with two attached hydrogens (primary N) is 1. The van der Waals surface area contributed by atoms with Gasteiger partial charge in [0.2, 0.25) is 5.91 Å². The Morgan fingerprint density at radius 3 is 2.62 bits per heavy atom. The van der Waals surface area contributed by atoms with E-state index in [0.29, 0.717) is 11.4 Å². The molecule has 132 valence electrons. The molecule has 0 saturated carbocycles. The average Bonchev–Trinajstić information content (AvgIpc) is 2.65. The lowest BCUT2D eigenvalue weighted by Gasteiger charge is -2.14. The van der Waals surface area contributed by atoms with Gasteiger partial charge >= 0.3 is 0 Å². The van der Waals surface area contributed by atoms with Gasteiger partial charge in [0, 0.05) is 29.8 Å². The normalized spacial score (nSPS) is 11.8. The average molecular weight is 348 g/mol. The standard InChI is InChI=1S/C20H20N4O2/c1-13-7-8-15(17-9-10-19(25)24-23-17)11-18(13)22-20(26)12-16(21)14-5-3-2-4-6-14/h2-11,16H,12,21H2,1H3,(H,22,26)(H,24,25). The Balaban J connectivity index is 1.74. The first-order valence-corrected chi connectivity index (χ1v) is 8.30. The largest absolute Gasteiger partial charge is 0.326 e. The zero-order valence-electron chi connectivity index (χ0n) is 14.4. The highest BCUT2D eigenvalue weighted by Gasteiger charge is 2.13. The molecule has 0 radical (unpaired) electrons. The maximum absolute atomic E-state index is 12.4. The molecule has 1 heterocycles. The smallest absolute Gasteiger partial charge is 0.264 e. The van der Waals surface area contributed by atoms with Crippen LogP contribution in [0.15, 0.2) is 65.5 Å². The van der Waals surface area contributed by atoms with Crippen LogP contribution in [0.3, 0.4) is 0 Å². The van der Waals surface area contributed by atoms with E-state index in [1.165, 1.54) is 6.07 Å². The van der Waals surface area contributed by atoms with Crippen molar-refractivity contribution in [2.45, 2.75) is 19.4 Å². The van der Waals surface area contributed by atoms with E-state index < -0.39 is 0 Å². The van der Waals surface area contributed by atoms with Crippen LogP contribution in [-0.4, -0.2) is 16.1 Å². The highest BCUT2D eigenvalue weighted by Crippen LogP contribution is 2.24. The topological polar surface area (TPSA) is 101 Å². The number of benzene rings is 2. The van der Waals surface area contributed by atoms with Crippen molar-refractivity contribution in [3.8, 4) is 11.3 Å². The van der Waals surface area contributed by atoms with Crippen molar-refractivity contribution in [1.29, 1.82) is 0 Å². The van der Waals surface area contributed by atoms with E-state index in [1.54, 1.807) is 6.07 Å². The summed E-state index contributed by atoms with van der Waals surface area (Å²) in [6.07, 6.45) is 0.185. The fraction of sp³-hybridized carbons (Fsp3) is 0.150. The summed E-state index contributed by atoms with van der Waals surface area (Å²) in [6, 6.07) is 17.8. The Bertz CT molecular complexity index is 947.